The molecule has 174 valence electrons. The highest BCUT2D eigenvalue weighted by atomic mass is 35.5. The van der Waals surface area contributed by atoms with E-state index >= 15 is 0 Å². The number of carbonyl (C=O) groups excluding carboxylic acids is 1. The molecule has 1 fully saturated rings. The fourth-order valence-corrected chi connectivity index (χ4v) is 4.81. The summed E-state index contributed by atoms with van der Waals surface area (Å²) in [6, 6.07) is 5.53. The van der Waals surface area contributed by atoms with E-state index < -0.39 is 11.9 Å². The van der Waals surface area contributed by atoms with Crippen LogP contribution in [0, 0.1) is 0 Å². The van der Waals surface area contributed by atoms with Crippen LogP contribution in [0.5, 0.6) is 0 Å². The van der Waals surface area contributed by atoms with Gasteiger partial charge in [-0.2, -0.15) is 18.3 Å². The lowest BCUT2D eigenvalue weighted by Crippen LogP contribution is -2.49. The number of hydrogen-bond donors (Lipinski definition) is 0. The van der Waals surface area contributed by atoms with E-state index in [4.69, 9.17) is 23.2 Å². The normalized spacial score (nSPS) is 17.8. The van der Waals surface area contributed by atoms with Gasteiger partial charge in [0.25, 0.3) is 0 Å². The second-order valence-corrected chi connectivity index (χ2v) is 9.21. The molecule has 1 aromatic carbocycles. The van der Waals surface area contributed by atoms with Crippen LogP contribution >= 0.6 is 23.2 Å². The van der Waals surface area contributed by atoms with Crippen molar-refractivity contribution in [3.63, 3.8) is 0 Å². The maximum atomic E-state index is 13.5. The molecule has 1 aromatic heterocycles. The zero-order valence-corrected chi connectivity index (χ0v) is 19.1. The molecule has 0 bridgehead atoms. The monoisotopic (exact) mass is 488 g/mol. The average Bonchev–Trinajstić information content (AvgIpc) is 2.92. The van der Waals surface area contributed by atoms with E-state index in [-0.39, 0.29) is 18.0 Å². The van der Waals surface area contributed by atoms with Crippen molar-refractivity contribution in [2.45, 2.75) is 51.4 Å². The maximum absolute atomic E-state index is 13.5. The Morgan fingerprint density at radius 3 is 2.41 bits per heavy atom. The lowest BCUT2D eigenvalue weighted by Gasteiger charge is -2.35. The van der Waals surface area contributed by atoms with Crippen LogP contribution in [0.25, 0.3) is 0 Å². The smallest absolute Gasteiger partial charge is 0.339 e. The number of halogens is 5. The van der Waals surface area contributed by atoms with Gasteiger partial charge >= 0.3 is 6.18 Å². The third kappa shape index (κ3) is 5.24. The highest BCUT2D eigenvalue weighted by Crippen LogP contribution is 2.35. The predicted molar refractivity (Wildman–Crippen MR) is 117 cm³/mol. The molecule has 2 aliphatic rings. The van der Waals surface area contributed by atoms with E-state index in [0.29, 0.717) is 61.3 Å². The third-order valence-electron chi connectivity index (χ3n) is 6.18. The second kappa shape index (κ2) is 9.61. The van der Waals surface area contributed by atoms with E-state index in [1.165, 1.54) is 4.68 Å². The Bertz CT molecular complexity index is 984. The van der Waals surface area contributed by atoms with Crippen LogP contribution in [-0.2, 0) is 36.9 Å². The van der Waals surface area contributed by atoms with E-state index in [9.17, 15) is 18.0 Å². The minimum absolute atomic E-state index is 0.148. The fourth-order valence-electron chi connectivity index (χ4n) is 4.49. The molecule has 0 atom stereocenters. The summed E-state index contributed by atoms with van der Waals surface area (Å²) in [6.07, 6.45) is -1.18. The number of rotatable bonds is 4. The number of carbonyl (C=O) groups is 1. The van der Waals surface area contributed by atoms with Crippen LogP contribution in [0.2, 0.25) is 10.0 Å². The summed E-state index contributed by atoms with van der Waals surface area (Å²) in [5.74, 6) is -0.192. The number of piperazine rings is 1. The molecule has 2 aromatic rings. The summed E-state index contributed by atoms with van der Waals surface area (Å²) >= 11 is 12.0. The fraction of sp³-hybridized carbons (Fsp3) is 0.545. The number of alkyl halides is 3. The van der Waals surface area contributed by atoms with Crippen molar-refractivity contribution in [1.29, 1.82) is 0 Å². The SMILES string of the molecule is O=C(Cn1nc(C(F)(F)F)c2c1CCCCC2)N1CCN(Cc2ccc(Cl)c(Cl)c2)CC1. The number of fused-ring (bicyclic) bond motifs is 1. The van der Waals surface area contributed by atoms with Crippen molar-refractivity contribution >= 4 is 29.1 Å². The number of benzene rings is 1. The molecule has 0 radical (unpaired) electrons. The molecule has 4 rings (SSSR count). The number of aromatic nitrogens is 2. The molecule has 1 amide bonds. The largest absolute Gasteiger partial charge is 0.435 e. The minimum Gasteiger partial charge on any atom is -0.339 e. The first-order chi connectivity index (χ1) is 15.2. The van der Waals surface area contributed by atoms with Crippen LogP contribution < -0.4 is 0 Å². The quantitative estimate of drug-likeness (QED) is 0.579. The average molecular weight is 489 g/mol. The summed E-state index contributed by atoms with van der Waals surface area (Å²) in [7, 11) is 0. The molecular formula is C22H25Cl2F3N4O. The summed E-state index contributed by atoms with van der Waals surface area (Å²) < 4.78 is 41.8. The van der Waals surface area contributed by atoms with Crippen molar-refractivity contribution < 1.29 is 18.0 Å². The Hall–Kier alpha value is -1.77. The Morgan fingerprint density at radius 2 is 1.72 bits per heavy atom. The molecule has 32 heavy (non-hydrogen) atoms. The molecule has 0 N–H and O–H groups in total. The topological polar surface area (TPSA) is 41.4 Å². The van der Waals surface area contributed by atoms with Gasteiger partial charge in [-0.15, -0.1) is 0 Å². The second-order valence-electron chi connectivity index (χ2n) is 8.40. The predicted octanol–water partition coefficient (Wildman–Crippen LogP) is 4.82. The number of hydrogen-bond acceptors (Lipinski definition) is 3. The highest BCUT2D eigenvalue weighted by Gasteiger charge is 2.39. The Kier molecular flexibility index (Phi) is 7.03. The standard InChI is InChI=1S/C22H25Cl2F3N4O/c23-17-7-6-15(12-18(17)24)13-29-8-10-30(11-9-29)20(32)14-31-19-5-3-1-2-4-16(19)21(28-31)22(25,26)27/h6-7,12H,1-5,8-11,13-14H2. The van der Waals surface area contributed by atoms with Gasteiger partial charge in [0.05, 0.1) is 10.0 Å². The molecule has 1 aliphatic heterocycles. The van der Waals surface area contributed by atoms with Crippen LogP contribution in [0.1, 0.15) is 41.8 Å². The van der Waals surface area contributed by atoms with Gasteiger partial charge in [0, 0.05) is 44.0 Å². The van der Waals surface area contributed by atoms with Crippen molar-refractivity contribution in [3.8, 4) is 0 Å². The Balaban J connectivity index is 1.39. The third-order valence-corrected chi connectivity index (χ3v) is 6.91. The van der Waals surface area contributed by atoms with Gasteiger partial charge in [0.1, 0.15) is 6.54 Å². The summed E-state index contributed by atoms with van der Waals surface area (Å²) in [5.41, 5.74) is 1.06. The highest BCUT2D eigenvalue weighted by molar-refractivity contribution is 6.42. The zero-order valence-electron chi connectivity index (χ0n) is 17.6. The van der Waals surface area contributed by atoms with Crippen LogP contribution in [0.3, 0.4) is 0 Å². The first-order valence-corrected chi connectivity index (χ1v) is 11.6. The number of nitrogens with zero attached hydrogens (tertiary/aromatic N) is 4. The molecule has 10 heteroatoms. The molecule has 2 heterocycles. The molecule has 1 aliphatic carbocycles. The summed E-state index contributed by atoms with van der Waals surface area (Å²) in [4.78, 5) is 16.8. The van der Waals surface area contributed by atoms with Gasteiger partial charge in [-0.25, -0.2) is 0 Å². The first kappa shape index (κ1) is 23.4. The van der Waals surface area contributed by atoms with Gasteiger partial charge in [-0.3, -0.25) is 14.4 Å². The Morgan fingerprint density at radius 1 is 1.00 bits per heavy atom. The lowest BCUT2D eigenvalue weighted by molar-refractivity contribution is -0.142. The first-order valence-electron chi connectivity index (χ1n) is 10.8. The Labute approximate surface area is 195 Å². The zero-order chi connectivity index (χ0) is 22.9. The van der Waals surface area contributed by atoms with Crippen LogP contribution in [0.4, 0.5) is 13.2 Å². The van der Waals surface area contributed by atoms with E-state index in [2.05, 4.69) is 10.00 Å². The van der Waals surface area contributed by atoms with E-state index in [0.717, 1.165) is 24.8 Å². The van der Waals surface area contributed by atoms with Crippen molar-refractivity contribution in [2.24, 2.45) is 0 Å². The molecule has 0 spiro atoms. The van der Waals surface area contributed by atoms with Gasteiger partial charge in [-0.05, 0) is 43.4 Å². The molecular weight excluding hydrogens is 464 g/mol. The van der Waals surface area contributed by atoms with Crippen molar-refractivity contribution in [2.75, 3.05) is 26.2 Å². The van der Waals surface area contributed by atoms with Gasteiger partial charge in [0.2, 0.25) is 5.91 Å². The van der Waals surface area contributed by atoms with Gasteiger partial charge in [-0.1, -0.05) is 35.7 Å². The van der Waals surface area contributed by atoms with Gasteiger partial charge in [0.15, 0.2) is 5.69 Å². The van der Waals surface area contributed by atoms with Crippen molar-refractivity contribution in [1.82, 2.24) is 19.6 Å². The molecule has 5 nitrogen and oxygen atoms in total. The van der Waals surface area contributed by atoms with E-state index in [1.807, 2.05) is 12.1 Å². The maximum Gasteiger partial charge on any atom is 0.435 e. The van der Waals surface area contributed by atoms with Crippen LogP contribution in [0.15, 0.2) is 18.2 Å². The minimum atomic E-state index is -4.50. The molecule has 0 saturated carbocycles. The van der Waals surface area contributed by atoms with Gasteiger partial charge < -0.3 is 4.90 Å². The lowest BCUT2D eigenvalue weighted by atomic mass is 10.1. The summed E-state index contributed by atoms with van der Waals surface area (Å²) in [6.45, 7) is 2.95. The number of amides is 1. The summed E-state index contributed by atoms with van der Waals surface area (Å²) in [5, 5.41) is 4.86. The van der Waals surface area contributed by atoms with Crippen molar-refractivity contribution in [3.05, 3.63) is 50.8 Å². The molecule has 0 unspecified atom stereocenters. The van der Waals surface area contributed by atoms with E-state index in [1.54, 1.807) is 11.0 Å². The molecule has 1 saturated heterocycles. The van der Waals surface area contributed by atoms with Crippen LogP contribution in [-0.4, -0.2) is 51.7 Å².